The van der Waals surface area contributed by atoms with Gasteiger partial charge in [0.15, 0.2) is 0 Å². The Balaban J connectivity index is 1.34. The van der Waals surface area contributed by atoms with Crippen LogP contribution in [0.1, 0.15) is 28.8 Å². The molecule has 2 heterocycles. The van der Waals surface area contributed by atoms with Crippen molar-refractivity contribution in [3.05, 3.63) is 65.9 Å². The Bertz CT molecular complexity index is 912. The van der Waals surface area contributed by atoms with E-state index in [2.05, 4.69) is 33.5 Å². The lowest BCUT2D eigenvalue weighted by molar-refractivity contribution is 0.0909. The molecule has 140 valence electrons. The van der Waals surface area contributed by atoms with Gasteiger partial charge in [0.2, 0.25) is 0 Å². The van der Waals surface area contributed by atoms with Crippen LogP contribution in [-0.2, 0) is 6.54 Å². The van der Waals surface area contributed by atoms with Gasteiger partial charge in [-0.15, -0.1) is 0 Å². The minimum absolute atomic E-state index is 0.0257. The van der Waals surface area contributed by atoms with E-state index in [1.807, 2.05) is 36.4 Å². The number of carbonyl (C=O) groups is 1. The van der Waals surface area contributed by atoms with Gasteiger partial charge in [0, 0.05) is 48.3 Å². The molecule has 2 aromatic carbocycles. The van der Waals surface area contributed by atoms with Crippen molar-refractivity contribution in [3.8, 4) is 5.75 Å². The smallest absolute Gasteiger partial charge is 0.251 e. The molecule has 1 aromatic heterocycles. The van der Waals surface area contributed by atoms with Gasteiger partial charge in [-0.1, -0.05) is 18.2 Å². The Kier molecular flexibility index (Phi) is 5.12. The summed E-state index contributed by atoms with van der Waals surface area (Å²) in [5.74, 6) is 0.906. The molecular weight excluding hydrogens is 338 g/mol. The quantitative estimate of drug-likeness (QED) is 0.729. The predicted octanol–water partition coefficient (Wildman–Crippen LogP) is 3.57. The summed E-state index contributed by atoms with van der Waals surface area (Å²) >= 11 is 0. The fourth-order valence-corrected chi connectivity index (χ4v) is 3.75. The Hall–Kier alpha value is -2.79. The lowest BCUT2D eigenvalue weighted by Crippen LogP contribution is -2.44. The van der Waals surface area contributed by atoms with E-state index in [0.717, 1.165) is 49.3 Å². The summed E-state index contributed by atoms with van der Waals surface area (Å²) in [5.41, 5.74) is 3.15. The van der Waals surface area contributed by atoms with E-state index in [4.69, 9.17) is 4.74 Å². The summed E-state index contributed by atoms with van der Waals surface area (Å²) in [5, 5.41) is 4.39. The number of nitrogens with one attached hydrogen (secondary N) is 2. The van der Waals surface area contributed by atoms with Crippen LogP contribution >= 0.6 is 0 Å². The van der Waals surface area contributed by atoms with E-state index >= 15 is 0 Å². The molecule has 2 N–H and O–H groups in total. The molecule has 0 spiro atoms. The molecule has 0 radical (unpaired) electrons. The van der Waals surface area contributed by atoms with Crippen molar-refractivity contribution in [1.82, 2.24) is 15.2 Å². The molecule has 0 unspecified atom stereocenters. The van der Waals surface area contributed by atoms with Crippen LogP contribution in [0.25, 0.3) is 10.9 Å². The number of H-pyrrole nitrogens is 1. The average Bonchev–Trinajstić information content (AvgIpc) is 3.12. The first-order valence-electron chi connectivity index (χ1n) is 9.45. The lowest BCUT2D eigenvalue weighted by atomic mass is 10.0. The van der Waals surface area contributed by atoms with Gasteiger partial charge in [0.25, 0.3) is 5.91 Å². The lowest BCUT2D eigenvalue weighted by Gasteiger charge is -2.32. The second kappa shape index (κ2) is 7.84. The number of rotatable bonds is 5. The first-order valence-corrected chi connectivity index (χ1v) is 9.45. The second-order valence-corrected chi connectivity index (χ2v) is 7.12. The fourth-order valence-electron chi connectivity index (χ4n) is 3.75. The van der Waals surface area contributed by atoms with Gasteiger partial charge < -0.3 is 15.0 Å². The average molecular weight is 363 g/mol. The maximum atomic E-state index is 12.3. The number of amides is 1. The molecule has 5 nitrogen and oxygen atoms in total. The third-order valence-electron chi connectivity index (χ3n) is 5.33. The molecule has 0 saturated carbocycles. The van der Waals surface area contributed by atoms with Crippen LogP contribution in [0, 0.1) is 0 Å². The summed E-state index contributed by atoms with van der Waals surface area (Å²) < 4.78 is 5.36. The zero-order chi connectivity index (χ0) is 18.6. The van der Waals surface area contributed by atoms with Crippen LogP contribution in [0.4, 0.5) is 0 Å². The standard InChI is InChI=1S/C22H25N3O2/c1-27-19-7-8-21-20(13-19)17(14-23-21)15-25-11-9-18(10-12-25)24-22(26)16-5-3-2-4-6-16/h2-8,13-14,18,23H,9-12,15H2,1H3,(H,24,26). The van der Waals surface area contributed by atoms with E-state index < -0.39 is 0 Å². The van der Waals surface area contributed by atoms with Gasteiger partial charge >= 0.3 is 0 Å². The molecular formula is C22H25N3O2. The van der Waals surface area contributed by atoms with Crippen molar-refractivity contribution < 1.29 is 9.53 Å². The van der Waals surface area contributed by atoms with Gasteiger partial charge in [-0.05, 0) is 48.7 Å². The number of fused-ring (bicyclic) bond motifs is 1. The summed E-state index contributed by atoms with van der Waals surface area (Å²) in [6, 6.07) is 15.8. The van der Waals surface area contributed by atoms with Crippen molar-refractivity contribution >= 4 is 16.8 Å². The fraction of sp³-hybridized carbons (Fsp3) is 0.318. The number of ether oxygens (including phenoxy) is 1. The summed E-state index contributed by atoms with van der Waals surface area (Å²) in [7, 11) is 1.70. The summed E-state index contributed by atoms with van der Waals surface area (Å²) in [6.07, 6.45) is 4.04. The highest BCUT2D eigenvalue weighted by molar-refractivity contribution is 5.94. The number of methoxy groups -OCH3 is 1. The number of likely N-dealkylation sites (tertiary alicyclic amines) is 1. The molecule has 0 aliphatic carbocycles. The van der Waals surface area contributed by atoms with E-state index in [1.54, 1.807) is 7.11 Å². The number of aromatic amines is 1. The molecule has 1 aliphatic heterocycles. The van der Waals surface area contributed by atoms with Crippen molar-refractivity contribution in [1.29, 1.82) is 0 Å². The van der Waals surface area contributed by atoms with Crippen molar-refractivity contribution in [2.24, 2.45) is 0 Å². The molecule has 0 bridgehead atoms. The number of aromatic nitrogens is 1. The molecule has 27 heavy (non-hydrogen) atoms. The molecule has 1 saturated heterocycles. The molecule has 3 aromatic rings. The summed E-state index contributed by atoms with van der Waals surface area (Å²) in [6.45, 7) is 2.87. The summed E-state index contributed by atoms with van der Waals surface area (Å²) in [4.78, 5) is 18.1. The maximum Gasteiger partial charge on any atom is 0.251 e. The topological polar surface area (TPSA) is 57.4 Å². The third kappa shape index (κ3) is 3.98. The molecule has 4 rings (SSSR count). The SMILES string of the molecule is COc1ccc2[nH]cc(CN3CCC(NC(=O)c4ccccc4)CC3)c2c1. The Morgan fingerprint density at radius 1 is 1.19 bits per heavy atom. The Labute approximate surface area is 159 Å². The molecule has 1 amide bonds. The Morgan fingerprint density at radius 2 is 1.96 bits per heavy atom. The van der Waals surface area contributed by atoms with Crippen LogP contribution in [0.2, 0.25) is 0 Å². The number of nitrogens with zero attached hydrogens (tertiary/aromatic N) is 1. The highest BCUT2D eigenvalue weighted by Gasteiger charge is 2.22. The predicted molar refractivity (Wildman–Crippen MR) is 107 cm³/mol. The van der Waals surface area contributed by atoms with Crippen molar-refractivity contribution in [3.63, 3.8) is 0 Å². The minimum atomic E-state index is 0.0257. The first kappa shape index (κ1) is 17.6. The second-order valence-electron chi connectivity index (χ2n) is 7.12. The zero-order valence-electron chi connectivity index (χ0n) is 15.6. The molecule has 1 aliphatic rings. The van der Waals surface area contributed by atoms with Crippen LogP contribution in [-0.4, -0.2) is 42.0 Å². The first-order chi connectivity index (χ1) is 13.2. The molecule has 0 atom stereocenters. The van der Waals surface area contributed by atoms with Gasteiger partial charge in [-0.25, -0.2) is 0 Å². The van der Waals surface area contributed by atoms with Crippen molar-refractivity contribution in [2.45, 2.75) is 25.4 Å². The molecule has 1 fully saturated rings. The van der Waals surface area contributed by atoms with Crippen LogP contribution < -0.4 is 10.1 Å². The number of piperidine rings is 1. The number of hydrogen-bond donors (Lipinski definition) is 2. The van der Waals surface area contributed by atoms with Gasteiger partial charge in [-0.2, -0.15) is 0 Å². The largest absolute Gasteiger partial charge is 0.497 e. The zero-order valence-corrected chi connectivity index (χ0v) is 15.6. The van der Waals surface area contributed by atoms with Gasteiger partial charge in [0.1, 0.15) is 5.75 Å². The number of benzene rings is 2. The van der Waals surface area contributed by atoms with Crippen molar-refractivity contribution in [2.75, 3.05) is 20.2 Å². The van der Waals surface area contributed by atoms with Crippen LogP contribution in [0.3, 0.4) is 0 Å². The van der Waals surface area contributed by atoms with E-state index in [0.29, 0.717) is 0 Å². The van der Waals surface area contributed by atoms with Crippen LogP contribution in [0.5, 0.6) is 5.75 Å². The minimum Gasteiger partial charge on any atom is -0.497 e. The monoisotopic (exact) mass is 363 g/mol. The highest BCUT2D eigenvalue weighted by Crippen LogP contribution is 2.25. The van der Waals surface area contributed by atoms with E-state index in [-0.39, 0.29) is 11.9 Å². The normalized spacial score (nSPS) is 15.7. The maximum absolute atomic E-state index is 12.3. The number of hydrogen-bond acceptors (Lipinski definition) is 3. The van der Waals surface area contributed by atoms with E-state index in [1.165, 1.54) is 10.9 Å². The van der Waals surface area contributed by atoms with Gasteiger partial charge in [-0.3, -0.25) is 9.69 Å². The Morgan fingerprint density at radius 3 is 2.70 bits per heavy atom. The highest BCUT2D eigenvalue weighted by atomic mass is 16.5. The van der Waals surface area contributed by atoms with E-state index in [9.17, 15) is 4.79 Å². The number of carbonyl (C=O) groups excluding carboxylic acids is 1. The van der Waals surface area contributed by atoms with Crippen LogP contribution in [0.15, 0.2) is 54.7 Å². The molecule has 5 heteroatoms. The van der Waals surface area contributed by atoms with Gasteiger partial charge in [0.05, 0.1) is 7.11 Å². The third-order valence-corrected chi connectivity index (χ3v) is 5.33.